The Morgan fingerprint density at radius 2 is 1.22 bits per heavy atom. The van der Waals surface area contributed by atoms with Crippen LogP contribution in [0, 0.1) is 0 Å². The van der Waals surface area contributed by atoms with Crippen molar-refractivity contribution in [2.45, 2.75) is 69.6 Å². The molecule has 0 unspecified atom stereocenters. The van der Waals surface area contributed by atoms with Gasteiger partial charge in [0, 0.05) is 13.3 Å². The van der Waals surface area contributed by atoms with Gasteiger partial charge >= 0.3 is 11.9 Å². The van der Waals surface area contributed by atoms with Crippen LogP contribution in [0.25, 0.3) is 0 Å². The number of amides is 5. The zero-order valence-electron chi connectivity index (χ0n) is 19.8. The fourth-order valence-corrected chi connectivity index (χ4v) is 2.95. The van der Waals surface area contributed by atoms with Crippen molar-refractivity contribution in [2.24, 2.45) is 11.5 Å². The molecule has 204 valence electrons. The second-order valence-electron chi connectivity index (χ2n) is 7.84. The highest BCUT2D eigenvalue weighted by Gasteiger charge is 2.31. The Kier molecular flexibility index (Phi) is 15.0. The van der Waals surface area contributed by atoms with Crippen molar-refractivity contribution >= 4 is 41.5 Å². The minimum Gasteiger partial charge on any atom is -0.481 e. The number of nitrogens with two attached hydrogens (primary N) is 2. The highest BCUT2D eigenvalue weighted by molar-refractivity contribution is 5.96. The third-order valence-corrected chi connectivity index (χ3v) is 4.77. The molecule has 5 amide bonds. The highest BCUT2D eigenvalue weighted by Crippen LogP contribution is 2.06. The molecule has 0 radical (unpaired) electrons. The molecule has 0 bridgehead atoms. The number of hydrogen-bond donors (Lipinski definition) is 9. The molecule has 0 aliphatic heterocycles. The first kappa shape index (κ1) is 32.2. The van der Waals surface area contributed by atoms with E-state index >= 15 is 0 Å². The van der Waals surface area contributed by atoms with E-state index in [0.717, 1.165) is 6.92 Å². The molecule has 0 aromatic heterocycles. The lowest BCUT2D eigenvalue weighted by Gasteiger charge is -2.25. The Morgan fingerprint density at radius 1 is 0.722 bits per heavy atom. The van der Waals surface area contributed by atoms with Gasteiger partial charge in [0.25, 0.3) is 0 Å². The molecule has 0 saturated carbocycles. The summed E-state index contributed by atoms with van der Waals surface area (Å²) in [6.07, 6.45) is -0.918. The first-order valence-electron chi connectivity index (χ1n) is 11.0. The summed E-state index contributed by atoms with van der Waals surface area (Å²) < 4.78 is 0. The van der Waals surface area contributed by atoms with Gasteiger partial charge in [-0.25, -0.2) is 0 Å². The fraction of sp³-hybridized carbons (Fsp3) is 0.650. The largest absolute Gasteiger partial charge is 0.481 e. The summed E-state index contributed by atoms with van der Waals surface area (Å²) >= 11 is 0. The van der Waals surface area contributed by atoms with E-state index < -0.39 is 91.5 Å². The second-order valence-corrected chi connectivity index (χ2v) is 7.84. The lowest BCUT2D eigenvalue weighted by Crippen LogP contribution is -2.58. The number of carbonyl (C=O) groups excluding carboxylic acids is 5. The standard InChI is InChI=1S/C20H34N6O10/c1-10(28)23-13(8-16(31)32)20(36)25-12(5-6-15(29)30)19(35)24-11(4-2-3-7-21)18(34)26-14(9-27)17(22)33/h11-14,27H,2-9,21H2,1H3,(H2,22,33)(H,23,28)(H,24,35)(H,25,36)(H,26,34)(H,29,30)(H,31,32)/t11-,12-,13-,14-/m0/s1. The van der Waals surface area contributed by atoms with Crippen LogP contribution in [-0.4, -0.2) is 94.1 Å². The molecule has 0 aliphatic carbocycles. The van der Waals surface area contributed by atoms with Gasteiger partial charge in [0.15, 0.2) is 0 Å². The average molecular weight is 519 g/mol. The number of aliphatic carboxylic acids is 2. The van der Waals surface area contributed by atoms with Gasteiger partial charge in [-0.05, 0) is 32.2 Å². The number of nitrogens with one attached hydrogen (secondary N) is 4. The van der Waals surface area contributed by atoms with Gasteiger partial charge in [-0.3, -0.25) is 33.6 Å². The van der Waals surface area contributed by atoms with Crippen molar-refractivity contribution in [2.75, 3.05) is 13.2 Å². The van der Waals surface area contributed by atoms with Gasteiger partial charge < -0.3 is 48.1 Å². The number of aliphatic hydroxyl groups is 1. The molecule has 0 spiro atoms. The summed E-state index contributed by atoms with van der Waals surface area (Å²) in [6, 6.07) is -5.77. The van der Waals surface area contributed by atoms with Crippen LogP contribution in [-0.2, 0) is 33.6 Å². The molecular formula is C20H34N6O10. The van der Waals surface area contributed by atoms with Gasteiger partial charge in [-0.1, -0.05) is 0 Å². The maximum Gasteiger partial charge on any atom is 0.305 e. The maximum absolute atomic E-state index is 12.9. The third kappa shape index (κ3) is 13.2. The first-order chi connectivity index (χ1) is 16.8. The van der Waals surface area contributed by atoms with Crippen molar-refractivity contribution in [1.82, 2.24) is 21.3 Å². The molecular weight excluding hydrogens is 484 g/mol. The molecule has 0 fully saturated rings. The van der Waals surface area contributed by atoms with Crippen LogP contribution in [0.5, 0.6) is 0 Å². The van der Waals surface area contributed by atoms with Crippen LogP contribution in [0.2, 0.25) is 0 Å². The van der Waals surface area contributed by atoms with E-state index in [1.54, 1.807) is 0 Å². The number of rotatable bonds is 18. The molecule has 11 N–H and O–H groups in total. The smallest absolute Gasteiger partial charge is 0.305 e. The number of hydrogen-bond acceptors (Lipinski definition) is 9. The summed E-state index contributed by atoms with van der Waals surface area (Å²) in [6.45, 7) is 0.539. The lowest BCUT2D eigenvalue weighted by atomic mass is 10.0. The highest BCUT2D eigenvalue weighted by atomic mass is 16.4. The molecule has 0 heterocycles. The van der Waals surface area contributed by atoms with E-state index in [1.807, 2.05) is 0 Å². The van der Waals surface area contributed by atoms with Crippen molar-refractivity contribution < 1.29 is 48.9 Å². The summed E-state index contributed by atoms with van der Waals surface area (Å²) in [7, 11) is 0. The fourth-order valence-electron chi connectivity index (χ4n) is 2.95. The van der Waals surface area contributed by atoms with Crippen LogP contribution in [0.4, 0.5) is 0 Å². The summed E-state index contributed by atoms with van der Waals surface area (Å²) in [5.74, 6) is -7.36. The van der Waals surface area contributed by atoms with E-state index in [-0.39, 0.29) is 13.0 Å². The topological polar surface area (TPSA) is 280 Å². The van der Waals surface area contributed by atoms with Crippen LogP contribution >= 0.6 is 0 Å². The van der Waals surface area contributed by atoms with E-state index in [9.17, 15) is 38.7 Å². The number of primary amides is 1. The Balaban J connectivity index is 5.73. The molecule has 16 heteroatoms. The zero-order chi connectivity index (χ0) is 27.8. The van der Waals surface area contributed by atoms with Crippen LogP contribution in [0.15, 0.2) is 0 Å². The number of aliphatic hydroxyl groups excluding tert-OH is 1. The Bertz CT molecular complexity index is 805. The Morgan fingerprint density at radius 3 is 1.64 bits per heavy atom. The normalized spacial score (nSPS) is 13.9. The zero-order valence-corrected chi connectivity index (χ0v) is 19.8. The van der Waals surface area contributed by atoms with Gasteiger partial charge in [-0.15, -0.1) is 0 Å². The van der Waals surface area contributed by atoms with Gasteiger partial charge in [0.05, 0.1) is 13.0 Å². The number of carboxylic acid groups (broad SMARTS) is 2. The van der Waals surface area contributed by atoms with E-state index in [0.29, 0.717) is 12.8 Å². The predicted molar refractivity (Wildman–Crippen MR) is 122 cm³/mol. The average Bonchev–Trinajstić information content (AvgIpc) is 2.77. The molecule has 0 aromatic rings. The molecule has 16 nitrogen and oxygen atoms in total. The molecule has 4 atom stereocenters. The van der Waals surface area contributed by atoms with Crippen molar-refractivity contribution in [1.29, 1.82) is 0 Å². The number of carbonyl (C=O) groups is 7. The Labute approximate surface area is 206 Å². The number of unbranched alkanes of at least 4 members (excludes halogenated alkanes) is 1. The van der Waals surface area contributed by atoms with E-state index in [1.165, 1.54) is 0 Å². The monoisotopic (exact) mass is 518 g/mol. The van der Waals surface area contributed by atoms with E-state index in [4.69, 9.17) is 21.7 Å². The molecule has 0 saturated heterocycles. The van der Waals surface area contributed by atoms with Crippen LogP contribution in [0.1, 0.15) is 45.4 Å². The molecule has 0 aliphatic rings. The van der Waals surface area contributed by atoms with Gasteiger partial charge in [-0.2, -0.15) is 0 Å². The first-order valence-corrected chi connectivity index (χ1v) is 11.0. The van der Waals surface area contributed by atoms with Gasteiger partial charge in [0.1, 0.15) is 24.2 Å². The minimum absolute atomic E-state index is 0.0405. The van der Waals surface area contributed by atoms with Crippen LogP contribution in [0.3, 0.4) is 0 Å². The van der Waals surface area contributed by atoms with Gasteiger partial charge in [0.2, 0.25) is 29.5 Å². The quantitative estimate of drug-likeness (QED) is 0.0786. The predicted octanol–water partition coefficient (Wildman–Crippen LogP) is -4.11. The second kappa shape index (κ2) is 16.8. The lowest BCUT2D eigenvalue weighted by molar-refractivity contribution is -0.141. The summed E-state index contributed by atoms with van der Waals surface area (Å²) in [5.41, 5.74) is 10.5. The molecule has 0 rings (SSSR count). The minimum atomic E-state index is -1.55. The van der Waals surface area contributed by atoms with E-state index in [2.05, 4.69) is 21.3 Å². The molecule has 36 heavy (non-hydrogen) atoms. The summed E-state index contributed by atoms with van der Waals surface area (Å²) in [4.78, 5) is 82.9. The maximum atomic E-state index is 12.9. The SMILES string of the molecule is CC(=O)N[C@@H](CC(=O)O)C(=O)N[C@@H](CCC(=O)O)C(=O)N[C@@H](CCCCN)C(=O)N[C@@H](CO)C(N)=O. The third-order valence-electron chi connectivity index (χ3n) is 4.77. The summed E-state index contributed by atoms with van der Waals surface area (Å²) in [5, 5.41) is 36.1. The van der Waals surface area contributed by atoms with Crippen molar-refractivity contribution in [3.8, 4) is 0 Å². The van der Waals surface area contributed by atoms with Crippen molar-refractivity contribution in [3.63, 3.8) is 0 Å². The Hall–Kier alpha value is -3.79. The van der Waals surface area contributed by atoms with Crippen LogP contribution < -0.4 is 32.7 Å². The number of carboxylic acids is 2. The van der Waals surface area contributed by atoms with Crippen molar-refractivity contribution in [3.05, 3.63) is 0 Å². The molecule has 0 aromatic carbocycles.